The number of nitrogens with one attached hydrogen (secondary N) is 1. The maximum atomic E-state index is 11.9. The van der Waals surface area contributed by atoms with E-state index in [1.54, 1.807) is 11.6 Å². The number of ether oxygens (including phenoxy) is 1. The van der Waals surface area contributed by atoms with Crippen molar-refractivity contribution in [3.05, 3.63) is 47.3 Å². The standard InChI is InChI=1S/C14H18N4O2/c1-3-18-12(14(19)16-15)13(10(2)17-18)20-9-11-7-5-4-6-8-11/h4-8H,3,9,15H2,1-2H3,(H,16,19). The summed E-state index contributed by atoms with van der Waals surface area (Å²) in [6.07, 6.45) is 0. The van der Waals surface area contributed by atoms with Gasteiger partial charge in [-0.15, -0.1) is 0 Å². The number of carbonyl (C=O) groups excluding carboxylic acids is 1. The van der Waals surface area contributed by atoms with E-state index in [0.29, 0.717) is 30.3 Å². The first kappa shape index (κ1) is 14.1. The normalized spacial score (nSPS) is 10.3. The van der Waals surface area contributed by atoms with E-state index < -0.39 is 5.91 Å². The first-order chi connectivity index (χ1) is 9.67. The smallest absolute Gasteiger partial charge is 0.287 e. The van der Waals surface area contributed by atoms with Crippen molar-refractivity contribution < 1.29 is 9.53 Å². The first-order valence-corrected chi connectivity index (χ1v) is 6.42. The number of nitrogens with zero attached hydrogens (tertiary/aromatic N) is 2. The zero-order valence-electron chi connectivity index (χ0n) is 11.6. The molecule has 106 valence electrons. The second kappa shape index (κ2) is 6.21. The lowest BCUT2D eigenvalue weighted by Crippen LogP contribution is -2.32. The van der Waals surface area contributed by atoms with Crippen LogP contribution < -0.4 is 16.0 Å². The lowest BCUT2D eigenvalue weighted by molar-refractivity contribution is 0.0938. The lowest BCUT2D eigenvalue weighted by Gasteiger charge is -2.08. The number of hydrogen-bond donors (Lipinski definition) is 2. The maximum absolute atomic E-state index is 11.9. The van der Waals surface area contributed by atoms with Gasteiger partial charge in [0.15, 0.2) is 11.4 Å². The van der Waals surface area contributed by atoms with Crippen LogP contribution in [0.1, 0.15) is 28.7 Å². The van der Waals surface area contributed by atoms with Gasteiger partial charge in [0.25, 0.3) is 5.91 Å². The maximum Gasteiger partial charge on any atom is 0.287 e. The van der Waals surface area contributed by atoms with Gasteiger partial charge in [-0.3, -0.25) is 14.9 Å². The topological polar surface area (TPSA) is 82.2 Å². The van der Waals surface area contributed by atoms with E-state index >= 15 is 0 Å². The number of amides is 1. The molecule has 1 heterocycles. The van der Waals surface area contributed by atoms with E-state index in [-0.39, 0.29) is 0 Å². The third kappa shape index (κ3) is 2.80. The first-order valence-electron chi connectivity index (χ1n) is 6.42. The summed E-state index contributed by atoms with van der Waals surface area (Å²) in [5, 5.41) is 4.29. The number of benzene rings is 1. The summed E-state index contributed by atoms with van der Waals surface area (Å²) in [6.45, 7) is 4.65. The minimum atomic E-state index is -0.407. The Labute approximate surface area is 117 Å². The van der Waals surface area contributed by atoms with Crippen LogP contribution in [0.4, 0.5) is 0 Å². The monoisotopic (exact) mass is 274 g/mol. The summed E-state index contributed by atoms with van der Waals surface area (Å²) < 4.78 is 7.34. The summed E-state index contributed by atoms with van der Waals surface area (Å²) >= 11 is 0. The molecule has 1 aromatic heterocycles. The molecule has 0 bridgehead atoms. The van der Waals surface area contributed by atoms with Gasteiger partial charge in [0.05, 0.1) is 0 Å². The van der Waals surface area contributed by atoms with Crippen LogP contribution in [-0.2, 0) is 13.2 Å². The number of aromatic nitrogens is 2. The highest BCUT2D eigenvalue weighted by Gasteiger charge is 2.22. The molecule has 2 rings (SSSR count). The number of nitrogen functional groups attached to an aromatic ring is 1. The van der Waals surface area contributed by atoms with E-state index in [0.717, 1.165) is 5.56 Å². The molecular weight excluding hydrogens is 256 g/mol. The van der Waals surface area contributed by atoms with Gasteiger partial charge in [-0.2, -0.15) is 5.10 Å². The van der Waals surface area contributed by atoms with Gasteiger partial charge in [-0.05, 0) is 19.4 Å². The fraction of sp³-hybridized carbons (Fsp3) is 0.286. The Hall–Kier alpha value is -2.34. The van der Waals surface area contributed by atoms with Gasteiger partial charge in [0.1, 0.15) is 12.3 Å². The number of carbonyl (C=O) groups is 1. The van der Waals surface area contributed by atoms with Gasteiger partial charge in [-0.1, -0.05) is 30.3 Å². The molecule has 0 saturated carbocycles. The lowest BCUT2D eigenvalue weighted by atomic mass is 10.2. The van der Waals surface area contributed by atoms with Crippen molar-refractivity contribution >= 4 is 5.91 Å². The predicted molar refractivity (Wildman–Crippen MR) is 75.1 cm³/mol. The molecule has 0 aliphatic heterocycles. The highest BCUT2D eigenvalue weighted by Crippen LogP contribution is 2.24. The zero-order valence-corrected chi connectivity index (χ0v) is 11.6. The molecule has 20 heavy (non-hydrogen) atoms. The summed E-state index contributed by atoms with van der Waals surface area (Å²) in [7, 11) is 0. The van der Waals surface area contributed by atoms with E-state index in [1.807, 2.05) is 37.3 Å². The quantitative estimate of drug-likeness (QED) is 0.490. The van der Waals surface area contributed by atoms with E-state index in [1.165, 1.54) is 0 Å². The van der Waals surface area contributed by atoms with Gasteiger partial charge in [0, 0.05) is 6.54 Å². The molecule has 0 fully saturated rings. The van der Waals surface area contributed by atoms with Crippen LogP contribution in [0.2, 0.25) is 0 Å². The molecule has 6 nitrogen and oxygen atoms in total. The van der Waals surface area contributed by atoms with Crippen molar-refractivity contribution in [3.8, 4) is 5.75 Å². The fourth-order valence-electron chi connectivity index (χ4n) is 1.99. The highest BCUT2D eigenvalue weighted by atomic mass is 16.5. The van der Waals surface area contributed by atoms with Gasteiger partial charge < -0.3 is 4.74 Å². The number of rotatable bonds is 5. The molecule has 1 amide bonds. The summed E-state index contributed by atoms with van der Waals surface area (Å²) in [4.78, 5) is 11.9. The number of nitrogens with two attached hydrogens (primary N) is 1. The zero-order chi connectivity index (χ0) is 14.5. The SMILES string of the molecule is CCn1nc(C)c(OCc2ccccc2)c1C(=O)NN. The Morgan fingerprint density at radius 3 is 2.70 bits per heavy atom. The van der Waals surface area contributed by atoms with Gasteiger partial charge in [-0.25, -0.2) is 5.84 Å². The fourth-order valence-corrected chi connectivity index (χ4v) is 1.99. The average Bonchev–Trinajstić information content (AvgIpc) is 2.81. The van der Waals surface area contributed by atoms with Crippen molar-refractivity contribution in [3.63, 3.8) is 0 Å². The second-order valence-corrected chi connectivity index (χ2v) is 4.33. The van der Waals surface area contributed by atoms with Crippen LogP contribution in [0.5, 0.6) is 5.75 Å². The van der Waals surface area contributed by atoms with Crippen molar-refractivity contribution in [2.45, 2.75) is 27.0 Å². The molecule has 6 heteroatoms. The van der Waals surface area contributed by atoms with Crippen molar-refractivity contribution in [2.75, 3.05) is 0 Å². The van der Waals surface area contributed by atoms with E-state index in [9.17, 15) is 4.79 Å². The minimum Gasteiger partial charge on any atom is -0.484 e. The molecule has 3 N–H and O–H groups in total. The summed E-state index contributed by atoms with van der Waals surface area (Å²) in [6, 6.07) is 9.74. The molecule has 1 aromatic carbocycles. The molecule has 0 unspecified atom stereocenters. The Morgan fingerprint density at radius 2 is 2.10 bits per heavy atom. The minimum absolute atomic E-state index is 0.350. The van der Waals surface area contributed by atoms with Crippen molar-refractivity contribution in [1.82, 2.24) is 15.2 Å². The summed E-state index contributed by atoms with van der Waals surface area (Å²) in [5.74, 6) is 5.28. The Balaban J connectivity index is 2.26. The van der Waals surface area contributed by atoms with Crippen LogP contribution >= 0.6 is 0 Å². The third-order valence-electron chi connectivity index (χ3n) is 2.94. The molecule has 0 radical (unpaired) electrons. The Kier molecular flexibility index (Phi) is 4.37. The molecule has 0 aliphatic rings. The molecule has 2 aromatic rings. The van der Waals surface area contributed by atoms with Crippen LogP contribution in [0.25, 0.3) is 0 Å². The number of hydrazine groups is 1. The van der Waals surface area contributed by atoms with Crippen molar-refractivity contribution in [2.24, 2.45) is 5.84 Å². The van der Waals surface area contributed by atoms with E-state index in [2.05, 4.69) is 10.5 Å². The third-order valence-corrected chi connectivity index (χ3v) is 2.94. The molecule has 0 atom stereocenters. The number of aryl methyl sites for hydroxylation is 2. The van der Waals surface area contributed by atoms with Crippen molar-refractivity contribution in [1.29, 1.82) is 0 Å². The largest absolute Gasteiger partial charge is 0.484 e. The average molecular weight is 274 g/mol. The Morgan fingerprint density at radius 1 is 1.40 bits per heavy atom. The highest BCUT2D eigenvalue weighted by molar-refractivity contribution is 5.95. The second-order valence-electron chi connectivity index (χ2n) is 4.33. The molecular formula is C14H18N4O2. The van der Waals surface area contributed by atoms with Crippen LogP contribution in [0.3, 0.4) is 0 Å². The summed E-state index contributed by atoms with van der Waals surface area (Å²) in [5.41, 5.74) is 4.17. The Bertz CT molecular complexity index is 593. The van der Waals surface area contributed by atoms with Crippen LogP contribution in [-0.4, -0.2) is 15.7 Å². The number of hydrogen-bond acceptors (Lipinski definition) is 4. The molecule has 0 spiro atoms. The van der Waals surface area contributed by atoms with Crippen LogP contribution in [0, 0.1) is 6.92 Å². The van der Waals surface area contributed by atoms with E-state index in [4.69, 9.17) is 10.6 Å². The predicted octanol–water partition coefficient (Wildman–Crippen LogP) is 1.39. The molecule has 0 saturated heterocycles. The van der Waals surface area contributed by atoms with Crippen LogP contribution in [0.15, 0.2) is 30.3 Å². The van der Waals surface area contributed by atoms with Gasteiger partial charge >= 0.3 is 0 Å². The van der Waals surface area contributed by atoms with Gasteiger partial charge in [0.2, 0.25) is 0 Å². The molecule has 0 aliphatic carbocycles.